The number of hydrogen-bond acceptors (Lipinski definition) is 3. The van der Waals surface area contributed by atoms with Crippen LogP contribution in [-0.4, -0.2) is 5.11 Å². The zero-order valence-electron chi connectivity index (χ0n) is 7.45. The molecule has 0 aliphatic carbocycles. The molecule has 0 fully saturated rings. The molecule has 0 aliphatic rings. The lowest BCUT2D eigenvalue weighted by Gasteiger charge is -2.13. The number of thiophene rings is 1. The predicted molar refractivity (Wildman–Crippen MR) is 52.0 cm³/mol. The molecule has 0 bridgehead atoms. The van der Waals surface area contributed by atoms with Gasteiger partial charge in [0.05, 0.1) is 6.61 Å². The summed E-state index contributed by atoms with van der Waals surface area (Å²) in [5, 5.41) is 10.9. The van der Waals surface area contributed by atoms with Crippen LogP contribution in [0.4, 0.5) is 0 Å². The Labute approximate surface area is 77.0 Å². The molecule has 0 saturated carbocycles. The highest BCUT2D eigenvalue weighted by atomic mass is 32.1. The third kappa shape index (κ3) is 2.06. The first-order valence-corrected chi connectivity index (χ1v) is 4.97. The fourth-order valence-corrected chi connectivity index (χ4v) is 1.83. The average molecular weight is 185 g/mol. The van der Waals surface area contributed by atoms with Gasteiger partial charge in [0.15, 0.2) is 0 Å². The van der Waals surface area contributed by atoms with Gasteiger partial charge in [0.25, 0.3) is 0 Å². The second-order valence-electron chi connectivity index (χ2n) is 3.27. The molecule has 3 N–H and O–H groups in total. The summed E-state index contributed by atoms with van der Waals surface area (Å²) >= 11 is 1.57. The van der Waals surface area contributed by atoms with E-state index in [1.165, 1.54) is 0 Å². The molecule has 68 valence electrons. The van der Waals surface area contributed by atoms with E-state index in [2.05, 4.69) is 13.8 Å². The molecule has 0 amide bonds. The maximum Gasteiger partial charge on any atom is 0.0774 e. The summed E-state index contributed by atoms with van der Waals surface area (Å²) in [5.41, 5.74) is 7.07. The van der Waals surface area contributed by atoms with Crippen LogP contribution in [0.15, 0.2) is 11.4 Å². The molecule has 1 heterocycles. The standard InChI is InChI=1S/C9H15NOS/c1-6(2)9(10)7-3-8(4-11)12-5-7/h3,5-6,9,11H,4,10H2,1-2H3/t9-/m1/s1. The van der Waals surface area contributed by atoms with Crippen LogP contribution in [0.3, 0.4) is 0 Å². The van der Waals surface area contributed by atoms with E-state index in [1.807, 2.05) is 11.4 Å². The van der Waals surface area contributed by atoms with Crippen molar-refractivity contribution in [3.8, 4) is 0 Å². The Morgan fingerprint density at radius 2 is 2.25 bits per heavy atom. The third-order valence-corrected chi connectivity index (χ3v) is 2.87. The van der Waals surface area contributed by atoms with Crippen LogP contribution in [-0.2, 0) is 6.61 Å². The minimum absolute atomic E-state index is 0.0987. The first kappa shape index (κ1) is 9.71. The van der Waals surface area contributed by atoms with Crippen LogP contribution in [0, 0.1) is 5.92 Å². The van der Waals surface area contributed by atoms with Crippen LogP contribution in [0.1, 0.15) is 30.3 Å². The van der Waals surface area contributed by atoms with Crippen molar-refractivity contribution < 1.29 is 5.11 Å². The Balaban J connectivity index is 2.74. The lowest BCUT2D eigenvalue weighted by molar-refractivity contribution is 0.285. The second-order valence-corrected chi connectivity index (χ2v) is 4.27. The minimum Gasteiger partial charge on any atom is -0.391 e. The normalized spacial score (nSPS) is 13.8. The van der Waals surface area contributed by atoms with Gasteiger partial charge >= 0.3 is 0 Å². The summed E-state index contributed by atoms with van der Waals surface area (Å²) in [7, 11) is 0. The smallest absolute Gasteiger partial charge is 0.0774 e. The third-order valence-electron chi connectivity index (χ3n) is 1.93. The van der Waals surface area contributed by atoms with Gasteiger partial charge in [0.2, 0.25) is 0 Å². The highest BCUT2D eigenvalue weighted by molar-refractivity contribution is 7.10. The molecule has 1 aromatic heterocycles. The molecule has 3 heteroatoms. The molecule has 12 heavy (non-hydrogen) atoms. The Kier molecular flexibility index (Phi) is 3.26. The van der Waals surface area contributed by atoms with Gasteiger partial charge in [0, 0.05) is 10.9 Å². The van der Waals surface area contributed by atoms with E-state index >= 15 is 0 Å². The van der Waals surface area contributed by atoms with Crippen molar-refractivity contribution in [2.75, 3.05) is 0 Å². The summed E-state index contributed by atoms with van der Waals surface area (Å²) in [6.07, 6.45) is 0. The van der Waals surface area contributed by atoms with Gasteiger partial charge in [-0.3, -0.25) is 0 Å². The Bertz CT molecular complexity index is 244. The van der Waals surface area contributed by atoms with Crippen molar-refractivity contribution in [3.05, 3.63) is 21.9 Å². The highest BCUT2D eigenvalue weighted by Gasteiger charge is 2.11. The van der Waals surface area contributed by atoms with Gasteiger partial charge in [-0.15, -0.1) is 11.3 Å². The van der Waals surface area contributed by atoms with Crippen molar-refractivity contribution in [3.63, 3.8) is 0 Å². The molecule has 0 radical (unpaired) electrons. The van der Waals surface area contributed by atoms with Gasteiger partial charge in [-0.05, 0) is 22.9 Å². The largest absolute Gasteiger partial charge is 0.391 e. The van der Waals surface area contributed by atoms with Crippen LogP contribution < -0.4 is 5.73 Å². The van der Waals surface area contributed by atoms with E-state index in [0.717, 1.165) is 10.4 Å². The molecule has 0 aliphatic heterocycles. The summed E-state index contributed by atoms with van der Waals surface area (Å²) in [5.74, 6) is 0.450. The van der Waals surface area contributed by atoms with Crippen molar-refractivity contribution in [2.45, 2.75) is 26.5 Å². The molecule has 0 unspecified atom stereocenters. The summed E-state index contributed by atoms with van der Waals surface area (Å²) < 4.78 is 0. The Hall–Kier alpha value is -0.380. The van der Waals surface area contributed by atoms with Crippen molar-refractivity contribution in [2.24, 2.45) is 11.7 Å². The first-order chi connectivity index (χ1) is 5.65. The molecule has 1 atom stereocenters. The number of hydrogen-bond donors (Lipinski definition) is 2. The molecule has 2 nitrogen and oxygen atoms in total. The lowest BCUT2D eigenvalue weighted by atomic mass is 9.99. The van der Waals surface area contributed by atoms with Crippen molar-refractivity contribution in [1.82, 2.24) is 0 Å². The minimum atomic E-state index is 0.0987. The van der Waals surface area contributed by atoms with E-state index in [9.17, 15) is 0 Å². The Morgan fingerprint density at radius 1 is 1.58 bits per heavy atom. The number of nitrogens with two attached hydrogens (primary N) is 1. The maximum atomic E-state index is 8.84. The van der Waals surface area contributed by atoms with E-state index in [4.69, 9.17) is 10.8 Å². The second kappa shape index (κ2) is 4.03. The molecule has 0 aromatic carbocycles. The van der Waals surface area contributed by atoms with Crippen LogP contribution in [0.25, 0.3) is 0 Å². The quantitative estimate of drug-likeness (QED) is 0.755. The van der Waals surface area contributed by atoms with Gasteiger partial charge in [0.1, 0.15) is 0 Å². The number of aliphatic hydroxyl groups is 1. The molecular formula is C9H15NOS. The highest BCUT2D eigenvalue weighted by Crippen LogP contribution is 2.24. The Morgan fingerprint density at radius 3 is 2.67 bits per heavy atom. The zero-order chi connectivity index (χ0) is 9.14. The van der Waals surface area contributed by atoms with Crippen LogP contribution in [0.5, 0.6) is 0 Å². The number of aliphatic hydroxyl groups excluding tert-OH is 1. The maximum absolute atomic E-state index is 8.84. The zero-order valence-corrected chi connectivity index (χ0v) is 8.27. The predicted octanol–water partition coefficient (Wildman–Crippen LogP) is 1.90. The molecule has 1 aromatic rings. The topological polar surface area (TPSA) is 46.2 Å². The van der Waals surface area contributed by atoms with E-state index < -0.39 is 0 Å². The van der Waals surface area contributed by atoms with E-state index in [0.29, 0.717) is 5.92 Å². The number of rotatable bonds is 3. The molecule has 0 saturated heterocycles. The summed E-state index contributed by atoms with van der Waals surface area (Å²) in [4.78, 5) is 0.987. The fourth-order valence-electron chi connectivity index (χ4n) is 1.04. The van der Waals surface area contributed by atoms with Crippen LogP contribution in [0.2, 0.25) is 0 Å². The van der Waals surface area contributed by atoms with Crippen LogP contribution >= 0.6 is 11.3 Å². The average Bonchev–Trinajstić information content (AvgIpc) is 2.50. The van der Waals surface area contributed by atoms with Crippen molar-refractivity contribution in [1.29, 1.82) is 0 Å². The van der Waals surface area contributed by atoms with Gasteiger partial charge in [-0.25, -0.2) is 0 Å². The molecule has 0 spiro atoms. The summed E-state index contributed by atoms with van der Waals surface area (Å²) in [6, 6.07) is 2.08. The summed E-state index contributed by atoms with van der Waals surface area (Å²) in [6.45, 7) is 4.32. The molecular weight excluding hydrogens is 170 g/mol. The SMILES string of the molecule is CC(C)[C@@H](N)c1csc(CO)c1. The monoisotopic (exact) mass is 185 g/mol. The fraction of sp³-hybridized carbons (Fsp3) is 0.556. The van der Waals surface area contributed by atoms with Gasteiger partial charge in [-0.1, -0.05) is 13.8 Å². The molecule has 1 rings (SSSR count). The lowest BCUT2D eigenvalue weighted by Crippen LogP contribution is -2.15. The van der Waals surface area contributed by atoms with Crippen molar-refractivity contribution >= 4 is 11.3 Å². The van der Waals surface area contributed by atoms with Gasteiger partial charge < -0.3 is 10.8 Å². The van der Waals surface area contributed by atoms with E-state index in [-0.39, 0.29) is 12.6 Å². The van der Waals surface area contributed by atoms with Gasteiger partial charge in [-0.2, -0.15) is 0 Å². The first-order valence-electron chi connectivity index (χ1n) is 4.09. The van der Waals surface area contributed by atoms with E-state index in [1.54, 1.807) is 11.3 Å².